The lowest BCUT2D eigenvalue weighted by molar-refractivity contribution is 0.164. The number of rotatable bonds is 3. The first kappa shape index (κ1) is 11.5. The van der Waals surface area contributed by atoms with Crippen molar-refractivity contribution in [3.63, 3.8) is 0 Å². The Kier molecular flexibility index (Phi) is 3.15. The number of nitrogens with zero attached hydrogens (tertiary/aromatic N) is 1. The molecule has 1 heterocycles. The summed E-state index contributed by atoms with van der Waals surface area (Å²) in [7, 11) is 0. The second-order valence-electron chi connectivity index (χ2n) is 4.91. The fourth-order valence-corrected chi connectivity index (χ4v) is 2.76. The predicted octanol–water partition coefficient (Wildman–Crippen LogP) is 2.74. The van der Waals surface area contributed by atoms with Crippen molar-refractivity contribution in [3.05, 3.63) is 36.5 Å². The van der Waals surface area contributed by atoms with E-state index in [4.69, 9.17) is 10.5 Å². The highest BCUT2D eigenvalue weighted by Crippen LogP contribution is 2.31. The molecule has 0 amide bonds. The summed E-state index contributed by atoms with van der Waals surface area (Å²) in [5.41, 5.74) is 6.78. The third kappa shape index (κ3) is 2.06. The Morgan fingerprint density at radius 2 is 2.11 bits per heavy atom. The third-order valence-electron chi connectivity index (χ3n) is 3.78. The number of hydrogen-bond donors (Lipinski definition) is 1. The number of pyridine rings is 1. The number of ether oxygens (including phenoxy) is 1. The molecule has 94 valence electrons. The molecule has 1 fully saturated rings. The van der Waals surface area contributed by atoms with E-state index in [9.17, 15) is 0 Å². The van der Waals surface area contributed by atoms with Crippen LogP contribution in [0.3, 0.4) is 0 Å². The van der Waals surface area contributed by atoms with Crippen molar-refractivity contribution in [1.82, 2.24) is 4.98 Å². The Hall–Kier alpha value is -1.61. The molecule has 0 saturated heterocycles. The quantitative estimate of drug-likeness (QED) is 0.900. The van der Waals surface area contributed by atoms with Crippen molar-refractivity contribution in [2.75, 3.05) is 6.54 Å². The van der Waals surface area contributed by atoms with Gasteiger partial charge in [-0.05, 0) is 44.0 Å². The lowest BCUT2D eigenvalue weighted by atomic mass is 10.1. The van der Waals surface area contributed by atoms with Crippen LogP contribution in [0.15, 0.2) is 36.5 Å². The highest BCUT2D eigenvalue weighted by Gasteiger charge is 2.28. The zero-order valence-electron chi connectivity index (χ0n) is 10.4. The van der Waals surface area contributed by atoms with Crippen LogP contribution >= 0.6 is 0 Å². The van der Waals surface area contributed by atoms with E-state index in [1.807, 2.05) is 30.5 Å². The van der Waals surface area contributed by atoms with Crippen LogP contribution in [0.5, 0.6) is 5.75 Å². The Labute approximate surface area is 107 Å². The number of para-hydroxylation sites is 1. The Morgan fingerprint density at radius 1 is 1.22 bits per heavy atom. The number of benzene rings is 1. The van der Waals surface area contributed by atoms with Crippen LogP contribution in [-0.4, -0.2) is 17.6 Å². The fraction of sp³-hybridized carbons (Fsp3) is 0.400. The molecule has 3 heteroatoms. The van der Waals surface area contributed by atoms with Gasteiger partial charge in [0.2, 0.25) is 0 Å². The summed E-state index contributed by atoms with van der Waals surface area (Å²) in [6.07, 6.45) is 5.59. The molecule has 2 atom stereocenters. The highest BCUT2D eigenvalue weighted by molar-refractivity contribution is 5.84. The van der Waals surface area contributed by atoms with Crippen LogP contribution in [0.2, 0.25) is 0 Å². The molecular weight excluding hydrogens is 224 g/mol. The molecule has 1 aromatic carbocycles. The molecule has 2 N–H and O–H groups in total. The van der Waals surface area contributed by atoms with Crippen LogP contribution in [0.4, 0.5) is 0 Å². The first-order valence-corrected chi connectivity index (χ1v) is 6.59. The van der Waals surface area contributed by atoms with Crippen LogP contribution in [0.25, 0.3) is 10.9 Å². The molecule has 0 radical (unpaired) electrons. The molecule has 0 spiro atoms. The Balaban J connectivity index is 1.90. The van der Waals surface area contributed by atoms with E-state index in [0.29, 0.717) is 12.5 Å². The van der Waals surface area contributed by atoms with Crippen LogP contribution in [0.1, 0.15) is 19.3 Å². The average molecular weight is 242 g/mol. The first-order chi connectivity index (χ1) is 8.88. The van der Waals surface area contributed by atoms with Crippen molar-refractivity contribution >= 4 is 10.9 Å². The van der Waals surface area contributed by atoms with Gasteiger partial charge >= 0.3 is 0 Å². The molecule has 3 nitrogen and oxygen atoms in total. The zero-order chi connectivity index (χ0) is 12.4. The molecule has 18 heavy (non-hydrogen) atoms. The smallest absolute Gasteiger partial charge is 0.130 e. The minimum absolute atomic E-state index is 0.265. The number of nitrogens with two attached hydrogens (primary N) is 1. The molecule has 1 aromatic heterocycles. The standard InChI is InChI=1S/C15H18N2O/c16-10-11-4-3-7-14(11)18-15-8-9-17-13-6-2-1-5-12(13)15/h1-2,5-6,8-9,11,14H,3-4,7,10,16H2. The van der Waals surface area contributed by atoms with E-state index in [0.717, 1.165) is 23.1 Å². The van der Waals surface area contributed by atoms with Gasteiger partial charge in [0.05, 0.1) is 5.52 Å². The van der Waals surface area contributed by atoms with Crippen LogP contribution in [0, 0.1) is 5.92 Å². The maximum Gasteiger partial charge on any atom is 0.130 e. The minimum Gasteiger partial charge on any atom is -0.489 e. The summed E-state index contributed by atoms with van der Waals surface area (Å²) in [5, 5.41) is 1.09. The van der Waals surface area contributed by atoms with Gasteiger partial charge in [-0.1, -0.05) is 12.1 Å². The topological polar surface area (TPSA) is 48.1 Å². The van der Waals surface area contributed by atoms with Crippen molar-refractivity contribution in [1.29, 1.82) is 0 Å². The second-order valence-corrected chi connectivity index (χ2v) is 4.91. The van der Waals surface area contributed by atoms with Gasteiger partial charge in [-0.3, -0.25) is 4.98 Å². The van der Waals surface area contributed by atoms with Gasteiger partial charge in [0.1, 0.15) is 11.9 Å². The van der Waals surface area contributed by atoms with Crippen molar-refractivity contribution in [3.8, 4) is 5.75 Å². The van der Waals surface area contributed by atoms with E-state index < -0.39 is 0 Å². The lowest BCUT2D eigenvalue weighted by Gasteiger charge is -2.20. The van der Waals surface area contributed by atoms with Crippen LogP contribution < -0.4 is 10.5 Å². The van der Waals surface area contributed by atoms with E-state index >= 15 is 0 Å². The normalized spacial score (nSPS) is 23.4. The molecule has 2 aromatic rings. The van der Waals surface area contributed by atoms with Gasteiger partial charge in [-0.15, -0.1) is 0 Å². The van der Waals surface area contributed by atoms with Crippen molar-refractivity contribution < 1.29 is 4.74 Å². The second kappa shape index (κ2) is 4.94. The average Bonchev–Trinajstić information content (AvgIpc) is 2.86. The molecule has 0 bridgehead atoms. The van der Waals surface area contributed by atoms with E-state index in [1.54, 1.807) is 0 Å². The SMILES string of the molecule is NCC1CCCC1Oc1ccnc2ccccc12. The molecule has 1 saturated carbocycles. The van der Waals surface area contributed by atoms with Crippen molar-refractivity contribution in [2.24, 2.45) is 11.7 Å². The molecule has 1 aliphatic rings. The fourth-order valence-electron chi connectivity index (χ4n) is 2.76. The summed E-state index contributed by atoms with van der Waals surface area (Å²) in [5.74, 6) is 1.43. The van der Waals surface area contributed by atoms with Gasteiger partial charge < -0.3 is 10.5 Å². The maximum atomic E-state index is 6.17. The van der Waals surface area contributed by atoms with Gasteiger partial charge in [-0.2, -0.15) is 0 Å². The number of hydrogen-bond acceptors (Lipinski definition) is 3. The predicted molar refractivity (Wildman–Crippen MR) is 72.6 cm³/mol. The minimum atomic E-state index is 0.265. The Morgan fingerprint density at radius 3 is 3.00 bits per heavy atom. The van der Waals surface area contributed by atoms with E-state index in [2.05, 4.69) is 11.1 Å². The summed E-state index contributed by atoms with van der Waals surface area (Å²) in [6.45, 7) is 0.716. The maximum absolute atomic E-state index is 6.17. The molecule has 1 aliphatic carbocycles. The zero-order valence-corrected chi connectivity index (χ0v) is 10.4. The number of aromatic nitrogens is 1. The van der Waals surface area contributed by atoms with E-state index in [1.165, 1.54) is 12.8 Å². The highest BCUT2D eigenvalue weighted by atomic mass is 16.5. The van der Waals surface area contributed by atoms with Gasteiger partial charge in [0.15, 0.2) is 0 Å². The molecule has 2 unspecified atom stereocenters. The first-order valence-electron chi connectivity index (χ1n) is 6.59. The summed E-state index contributed by atoms with van der Waals surface area (Å²) in [4.78, 5) is 4.35. The summed E-state index contributed by atoms with van der Waals surface area (Å²) >= 11 is 0. The molecule has 3 rings (SSSR count). The van der Waals surface area contributed by atoms with Gasteiger partial charge in [0.25, 0.3) is 0 Å². The lowest BCUT2D eigenvalue weighted by Crippen LogP contribution is -2.27. The molecule has 0 aliphatic heterocycles. The Bertz CT molecular complexity index is 536. The number of fused-ring (bicyclic) bond motifs is 1. The summed E-state index contributed by atoms with van der Waals surface area (Å²) < 4.78 is 6.17. The monoisotopic (exact) mass is 242 g/mol. The van der Waals surface area contributed by atoms with Gasteiger partial charge in [-0.25, -0.2) is 0 Å². The van der Waals surface area contributed by atoms with Crippen LogP contribution in [-0.2, 0) is 0 Å². The van der Waals surface area contributed by atoms with E-state index in [-0.39, 0.29) is 6.10 Å². The summed E-state index contributed by atoms with van der Waals surface area (Å²) in [6, 6.07) is 10.0. The van der Waals surface area contributed by atoms with Gasteiger partial charge in [0, 0.05) is 17.5 Å². The molecular formula is C15H18N2O. The van der Waals surface area contributed by atoms with Crippen molar-refractivity contribution in [2.45, 2.75) is 25.4 Å². The largest absolute Gasteiger partial charge is 0.489 e. The third-order valence-corrected chi connectivity index (χ3v) is 3.78.